The Morgan fingerprint density at radius 2 is 1.89 bits per heavy atom. The minimum absolute atomic E-state index is 0.895. The van der Waals surface area contributed by atoms with E-state index in [9.17, 15) is 0 Å². The smallest absolute Gasteiger partial charge is 0.119 e. The first-order valence-corrected chi connectivity index (χ1v) is 6.17. The second-order valence-corrected chi connectivity index (χ2v) is 4.72. The van der Waals surface area contributed by atoms with Crippen molar-refractivity contribution in [1.82, 2.24) is 9.80 Å². The molecule has 4 heteroatoms. The molecule has 4 nitrogen and oxygen atoms in total. The van der Waals surface area contributed by atoms with Crippen LogP contribution in [0.3, 0.4) is 0 Å². The van der Waals surface area contributed by atoms with Gasteiger partial charge in [-0.2, -0.15) is 0 Å². The first kappa shape index (κ1) is 12.8. The van der Waals surface area contributed by atoms with Crippen molar-refractivity contribution in [1.29, 1.82) is 0 Å². The summed E-state index contributed by atoms with van der Waals surface area (Å²) in [7, 11) is 5.88. The highest BCUT2D eigenvalue weighted by Crippen LogP contribution is 2.22. The predicted octanol–water partition coefficient (Wildman–Crippen LogP) is 1.81. The van der Waals surface area contributed by atoms with E-state index in [0.717, 1.165) is 25.5 Å². The summed E-state index contributed by atoms with van der Waals surface area (Å²) in [6, 6.07) is 8.15. The quantitative estimate of drug-likeness (QED) is 0.790. The molecule has 0 bridgehead atoms. The summed E-state index contributed by atoms with van der Waals surface area (Å²) in [6.07, 6.45) is 4.27. The first-order valence-electron chi connectivity index (χ1n) is 6.17. The van der Waals surface area contributed by atoms with Crippen LogP contribution in [0.4, 0.5) is 5.69 Å². The molecule has 0 unspecified atom stereocenters. The molecule has 0 saturated heterocycles. The number of hydrogen-bond donors (Lipinski definition) is 0. The van der Waals surface area contributed by atoms with Gasteiger partial charge in [-0.05, 0) is 38.4 Å². The molecule has 18 heavy (non-hydrogen) atoms. The molecule has 0 aromatic heterocycles. The van der Waals surface area contributed by atoms with Crippen LogP contribution in [0.25, 0.3) is 0 Å². The third-order valence-electron chi connectivity index (χ3n) is 3.03. The normalized spacial score (nSPS) is 14.7. The van der Waals surface area contributed by atoms with E-state index < -0.39 is 0 Å². The number of likely N-dealkylation sites (N-methyl/N-ethyl adjacent to an activating group) is 1. The van der Waals surface area contributed by atoms with E-state index in [1.54, 1.807) is 7.11 Å². The van der Waals surface area contributed by atoms with Gasteiger partial charge in [0.05, 0.1) is 13.8 Å². The fraction of sp³-hybridized carbons (Fsp3) is 0.429. The SMILES string of the molecule is COc1ccc(N2C=CN(CCN(C)C)C2)cc1. The predicted molar refractivity (Wildman–Crippen MR) is 74.7 cm³/mol. The van der Waals surface area contributed by atoms with Gasteiger partial charge in [0.15, 0.2) is 0 Å². The zero-order valence-electron chi connectivity index (χ0n) is 11.3. The highest BCUT2D eigenvalue weighted by Gasteiger charge is 2.13. The van der Waals surface area contributed by atoms with E-state index >= 15 is 0 Å². The summed E-state index contributed by atoms with van der Waals surface area (Å²) in [5.41, 5.74) is 1.19. The number of anilines is 1. The van der Waals surface area contributed by atoms with E-state index in [2.05, 4.69) is 53.3 Å². The van der Waals surface area contributed by atoms with Crippen LogP contribution < -0.4 is 9.64 Å². The third-order valence-corrected chi connectivity index (χ3v) is 3.03. The van der Waals surface area contributed by atoms with Gasteiger partial charge in [0.1, 0.15) is 5.75 Å². The Morgan fingerprint density at radius 1 is 1.17 bits per heavy atom. The minimum Gasteiger partial charge on any atom is -0.497 e. The van der Waals surface area contributed by atoms with Crippen LogP contribution in [0.15, 0.2) is 36.7 Å². The maximum Gasteiger partial charge on any atom is 0.119 e. The van der Waals surface area contributed by atoms with Crippen LogP contribution in [0, 0.1) is 0 Å². The van der Waals surface area contributed by atoms with Gasteiger partial charge in [-0.15, -0.1) is 0 Å². The molecule has 2 rings (SSSR count). The summed E-state index contributed by atoms with van der Waals surface area (Å²) in [6.45, 7) is 3.04. The Kier molecular flexibility index (Phi) is 4.10. The van der Waals surface area contributed by atoms with Gasteiger partial charge in [-0.25, -0.2) is 0 Å². The number of ether oxygens (including phenoxy) is 1. The Hall–Kier alpha value is -1.68. The molecule has 0 N–H and O–H groups in total. The van der Waals surface area contributed by atoms with E-state index in [1.165, 1.54) is 5.69 Å². The van der Waals surface area contributed by atoms with Gasteiger partial charge in [-0.3, -0.25) is 0 Å². The molecule has 0 amide bonds. The average Bonchev–Trinajstić information content (AvgIpc) is 2.85. The maximum absolute atomic E-state index is 5.17. The summed E-state index contributed by atoms with van der Waals surface area (Å²) >= 11 is 0. The van der Waals surface area contributed by atoms with Crippen LogP contribution in [-0.2, 0) is 0 Å². The molecule has 0 aliphatic carbocycles. The Morgan fingerprint density at radius 3 is 2.50 bits per heavy atom. The second kappa shape index (κ2) is 5.78. The standard InChI is InChI=1S/C14H21N3O/c1-15(2)8-9-16-10-11-17(12-16)13-4-6-14(18-3)7-5-13/h4-7,10-11H,8-9,12H2,1-3H3. The molecule has 0 spiro atoms. The fourth-order valence-electron chi connectivity index (χ4n) is 1.88. The number of rotatable bonds is 5. The minimum atomic E-state index is 0.895. The van der Waals surface area contributed by atoms with Crippen molar-refractivity contribution in [2.75, 3.05) is 45.9 Å². The lowest BCUT2D eigenvalue weighted by atomic mass is 10.3. The molecule has 0 atom stereocenters. The number of methoxy groups -OCH3 is 1. The average molecular weight is 247 g/mol. The summed E-state index contributed by atoms with van der Waals surface area (Å²) in [4.78, 5) is 6.74. The van der Waals surface area contributed by atoms with Crippen LogP contribution in [0.1, 0.15) is 0 Å². The molecule has 0 fully saturated rings. The Labute approximate surface area is 109 Å². The number of hydrogen-bond acceptors (Lipinski definition) is 4. The molecular formula is C14H21N3O. The molecule has 0 radical (unpaired) electrons. The molecule has 1 aliphatic heterocycles. The van der Waals surface area contributed by atoms with Crippen LogP contribution >= 0.6 is 0 Å². The zero-order chi connectivity index (χ0) is 13.0. The van der Waals surface area contributed by atoms with Crippen LogP contribution in [-0.4, -0.2) is 50.8 Å². The molecule has 1 aromatic carbocycles. The highest BCUT2D eigenvalue weighted by atomic mass is 16.5. The van der Waals surface area contributed by atoms with Crippen molar-refractivity contribution in [3.8, 4) is 5.75 Å². The Bertz CT molecular complexity index is 400. The number of benzene rings is 1. The molecule has 1 heterocycles. The second-order valence-electron chi connectivity index (χ2n) is 4.72. The van der Waals surface area contributed by atoms with Gasteiger partial charge >= 0.3 is 0 Å². The maximum atomic E-state index is 5.17. The molecule has 98 valence electrons. The lowest BCUT2D eigenvalue weighted by Gasteiger charge is -2.22. The lowest BCUT2D eigenvalue weighted by molar-refractivity contribution is 0.321. The molecular weight excluding hydrogens is 226 g/mol. The monoisotopic (exact) mass is 247 g/mol. The van der Waals surface area contributed by atoms with Crippen LogP contribution in [0.5, 0.6) is 5.75 Å². The fourth-order valence-corrected chi connectivity index (χ4v) is 1.88. The topological polar surface area (TPSA) is 19.0 Å². The molecule has 0 saturated carbocycles. The van der Waals surface area contributed by atoms with Gasteiger partial charge in [0.2, 0.25) is 0 Å². The number of nitrogens with zero attached hydrogens (tertiary/aromatic N) is 3. The van der Waals surface area contributed by atoms with Gasteiger partial charge in [-0.1, -0.05) is 0 Å². The van der Waals surface area contributed by atoms with Crippen molar-refractivity contribution in [3.63, 3.8) is 0 Å². The van der Waals surface area contributed by atoms with Crippen molar-refractivity contribution >= 4 is 5.69 Å². The third kappa shape index (κ3) is 3.17. The summed E-state index contributed by atoms with van der Waals surface area (Å²) in [5, 5.41) is 0. The lowest BCUT2D eigenvalue weighted by Crippen LogP contribution is -2.31. The first-order chi connectivity index (χ1) is 8.69. The van der Waals surface area contributed by atoms with E-state index in [-0.39, 0.29) is 0 Å². The van der Waals surface area contributed by atoms with Crippen molar-refractivity contribution < 1.29 is 4.74 Å². The van der Waals surface area contributed by atoms with Gasteiger partial charge in [0.25, 0.3) is 0 Å². The Balaban J connectivity index is 1.90. The molecule has 1 aliphatic rings. The van der Waals surface area contributed by atoms with Crippen molar-refractivity contribution in [2.45, 2.75) is 0 Å². The van der Waals surface area contributed by atoms with Crippen molar-refractivity contribution in [2.24, 2.45) is 0 Å². The van der Waals surface area contributed by atoms with Gasteiger partial charge < -0.3 is 19.4 Å². The van der Waals surface area contributed by atoms with E-state index in [4.69, 9.17) is 4.74 Å². The van der Waals surface area contributed by atoms with Crippen molar-refractivity contribution in [3.05, 3.63) is 36.7 Å². The zero-order valence-corrected chi connectivity index (χ0v) is 11.3. The van der Waals surface area contributed by atoms with Gasteiger partial charge in [0, 0.05) is 31.2 Å². The summed E-state index contributed by atoms with van der Waals surface area (Å²) < 4.78 is 5.17. The van der Waals surface area contributed by atoms with Crippen LogP contribution in [0.2, 0.25) is 0 Å². The van der Waals surface area contributed by atoms with E-state index in [0.29, 0.717) is 0 Å². The molecule has 1 aromatic rings. The highest BCUT2D eigenvalue weighted by molar-refractivity contribution is 5.52. The summed E-state index contributed by atoms with van der Waals surface area (Å²) in [5.74, 6) is 0.895. The van der Waals surface area contributed by atoms with E-state index in [1.807, 2.05) is 12.1 Å². The largest absolute Gasteiger partial charge is 0.497 e.